The van der Waals surface area contributed by atoms with Crippen LogP contribution in [0.3, 0.4) is 0 Å². The van der Waals surface area contributed by atoms with Crippen LogP contribution in [0.5, 0.6) is 0 Å². The van der Waals surface area contributed by atoms with Crippen molar-refractivity contribution in [3.05, 3.63) is 0 Å². The van der Waals surface area contributed by atoms with Crippen LogP contribution in [0.1, 0.15) is 39.5 Å². The van der Waals surface area contributed by atoms with Gasteiger partial charge in [-0.1, -0.05) is 26.7 Å². The van der Waals surface area contributed by atoms with E-state index >= 15 is 0 Å². The second-order valence-electron chi connectivity index (χ2n) is 3.35. The van der Waals surface area contributed by atoms with Crippen molar-refractivity contribution in [2.75, 3.05) is 5.75 Å². The van der Waals surface area contributed by atoms with Crippen molar-refractivity contribution in [3.63, 3.8) is 0 Å². The number of hydrogen-bond acceptors (Lipinski definition) is 2. The summed E-state index contributed by atoms with van der Waals surface area (Å²) in [5.74, 6) is 1.02. The van der Waals surface area contributed by atoms with Gasteiger partial charge in [0.2, 0.25) is 0 Å². The van der Waals surface area contributed by atoms with Crippen molar-refractivity contribution in [3.8, 4) is 0 Å². The van der Waals surface area contributed by atoms with Gasteiger partial charge in [-0.15, -0.1) is 0 Å². The van der Waals surface area contributed by atoms with E-state index in [-0.39, 0.29) is 4.75 Å². The van der Waals surface area contributed by atoms with Gasteiger partial charge in [0.1, 0.15) is 0 Å². The lowest BCUT2D eigenvalue weighted by Crippen LogP contribution is -2.09. The lowest BCUT2D eigenvalue weighted by molar-refractivity contribution is 0.578. The molecule has 0 N–H and O–H groups in total. The zero-order valence-electron chi connectivity index (χ0n) is 6.93. The SMILES string of the molecule is CC(C)(S)CCCCCS. The zero-order chi connectivity index (χ0) is 8.04. The van der Waals surface area contributed by atoms with E-state index in [4.69, 9.17) is 0 Å². The van der Waals surface area contributed by atoms with Crippen LogP contribution in [-0.4, -0.2) is 10.5 Å². The molecular formula is C8H18S2. The summed E-state index contributed by atoms with van der Waals surface area (Å²) in [6.07, 6.45) is 5.04. The van der Waals surface area contributed by atoms with E-state index in [9.17, 15) is 0 Å². The van der Waals surface area contributed by atoms with Crippen LogP contribution in [0.25, 0.3) is 0 Å². The van der Waals surface area contributed by atoms with Gasteiger partial charge in [0.25, 0.3) is 0 Å². The van der Waals surface area contributed by atoms with Gasteiger partial charge in [-0.3, -0.25) is 0 Å². The van der Waals surface area contributed by atoms with Gasteiger partial charge in [-0.25, -0.2) is 0 Å². The Morgan fingerprint density at radius 2 is 1.70 bits per heavy atom. The van der Waals surface area contributed by atoms with Gasteiger partial charge >= 0.3 is 0 Å². The summed E-state index contributed by atoms with van der Waals surface area (Å²) < 4.78 is 0.219. The van der Waals surface area contributed by atoms with Crippen molar-refractivity contribution >= 4 is 25.3 Å². The Kier molecular flexibility index (Phi) is 5.74. The lowest BCUT2D eigenvalue weighted by Gasteiger charge is -2.16. The standard InChI is InChI=1S/C8H18S2/c1-8(2,10)6-4-3-5-7-9/h9-10H,3-7H2,1-2H3. The quantitative estimate of drug-likeness (QED) is 0.469. The number of hydrogen-bond donors (Lipinski definition) is 2. The summed E-state index contributed by atoms with van der Waals surface area (Å²) in [6.45, 7) is 4.33. The van der Waals surface area contributed by atoms with Crippen molar-refractivity contribution in [1.29, 1.82) is 0 Å². The minimum atomic E-state index is 0.219. The fourth-order valence-corrected chi connectivity index (χ4v) is 1.23. The highest BCUT2D eigenvalue weighted by atomic mass is 32.1. The van der Waals surface area contributed by atoms with Gasteiger partial charge < -0.3 is 0 Å². The summed E-state index contributed by atoms with van der Waals surface area (Å²) in [7, 11) is 0. The summed E-state index contributed by atoms with van der Waals surface area (Å²) >= 11 is 8.58. The molecule has 0 aromatic carbocycles. The normalized spacial score (nSPS) is 12.0. The Hall–Kier alpha value is 0.700. The van der Waals surface area contributed by atoms with E-state index in [0.717, 1.165) is 5.75 Å². The predicted octanol–water partition coefficient (Wildman–Crippen LogP) is 3.19. The minimum Gasteiger partial charge on any atom is -0.179 e. The minimum absolute atomic E-state index is 0.219. The summed E-state index contributed by atoms with van der Waals surface area (Å²) in [4.78, 5) is 0. The first-order chi connectivity index (χ1) is 4.56. The fourth-order valence-electron chi connectivity index (χ4n) is 0.846. The highest BCUT2D eigenvalue weighted by Gasteiger charge is 2.09. The summed E-state index contributed by atoms with van der Waals surface area (Å²) in [6, 6.07) is 0. The third-order valence-corrected chi connectivity index (χ3v) is 1.99. The predicted molar refractivity (Wildman–Crippen MR) is 55.4 cm³/mol. The molecule has 0 radical (unpaired) electrons. The van der Waals surface area contributed by atoms with Crippen LogP contribution in [0.2, 0.25) is 0 Å². The molecule has 62 valence electrons. The summed E-state index contributed by atoms with van der Waals surface area (Å²) in [5.41, 5.74) is 0. The lowest BCUT2D eigenvalue weighted by atomic mass is 10.0. The topological polar surface area (TPSA) is 0 Å². The molecule has 10 heavy (non-hydrogen) atoms. The molecular weight excluding hydrogens is 160 g/mol. The largest absolute Gasteiger partial charge is 0.179 e. The first-order valence-corrected chi connectivity index (χ1v) is 4.97. The maximum Gasteiger partial charge on any atom is 0.00731 e. The van der Waals surface area contributed by atoms with E-state index < -0.39 is 0 Å². The maximum atomic E-state index is 4.44. The van der Waals surface area contributed by atoms with Crippen LogP contribution in [0.4, 0.5) is 0 Å². The van der Waals surface area contributed by atoms with Gasteiger partial charge in [0.05, 0.1) is 0 Å². The number of unbranched alkanes of at least 4 members (excludes halogenated alkanes) is 2. The molecule has 0 rings (SSSR count). The highest BCUT2D eigenvalue weighted by Crippen LogP contribution is 2.20. The van der Waals surface area contributed by atoms with E-state index in [1.54, 1.807) is 0 Å². The van der Waals surface area contributed by atoms with Crippen LogP contribution in [-0.2, 0) is 0 Å². The van der Waals surface area contributed by atoms with Crippen molar-refractivity contribution in [1.82, 2.24) is 0 Å². The molecule has 2 heteroatoms. The van der Waals surface area contributed by atoms with Gasteiger partial charge in [0.15, 0.2) is 0 Å². The van der Waals surface area contributed by atoms with E-state index in [0.29, 0.717) is 0 Å². The van der Waals surface area contributed by atoms with E-state index in [1.807, 2.05) is 0 Å². The summed E-state index contributed by atoms with van der Waals surface area (Å²) in [5, 5.41) is 0. The van der Waals surface area contributed by atoms with Crippen LogP contribution in [0.15, 0.2) is 0 Å². The van der Waals surface area contributed by atoms with Gasteiger partial charge in [0, 0.05) is 4.75 Å². The molecule has 0 aromatic rings. The molecule has 0 aromatic heterocycles. The third-order valence-electron chi connectivity index (χ3n) is 1.45. The molecule has 0 spiro atoms. The number of thiol groups is 2. The first-order valence-electron chi connectivity index (χ1n) is 3.89. The monoisotopic (exact) mass is 178 g/mol. The first kappa shape index (κ1) is 10.7. The molecule has 0 heterocycles. The second kappa shape index (κ2) is 5.36. The van der Waals surface area contributed by atoms with Crippen molar-refractivity contribution < 1.29 is 0 Å². The maximum absolute atomic E-state index is 4.44. The Morgan fingerprint density at radius 1 is 1.10 bits per heavy atom. The Labute approximate surface area is 75.6 Å². The van der Waals surface area contributed by atoms with Gasteiger partial charge in [-0.05, 0) is 18.6 Å². The Morgan fingerprint density at radius 3 is 2.10 bits per heavy atom. The molecule has 0 saturated heterocycles. The molecule has 0 atom stereocenters. The molecule has 0 aliphatic heterocycles. The van der Waals surface area contributed by atoms with Crippen molar-refractivity contribution in [2.45, 2.75) is 44.3 Å². The fraction of sp³-hybridized carbons (Fsp3) is 1.00. The molecule has 0 nitrogen and oxygen atoms in total. The molecule has 0 unspecified atom stereocenters. The Balaban J connectivity index is 3.04. The number of rotatable bonds is 5. The molecule has 0 aliphatic rings. The second-order valence-corrected chi connectivity index (χ2v) is 5.00. The molecule has 0 amide bonds. The molecule has 0 saturated carbocycles. The van der Waals surface area contributed by atoms with Crippen LogP contribution >= 0.6 is 25.3 Å². The third kappa shape index (κ3) is 8.70. The molecule has 0 bridgehead atoms. The average molecular weight is 178 g/mol. The van der Waals surface area contributed by atoms with Gasteiger partial charge in [-0.2, -0.15) is 25.3 Å². The zero-order valence-corrected chi connectivity index (χ0v) is 8.72. The van der Waals surface area contributed by atoms with E-state index in [1.165, 1.54) is 25.7 Å². The average Bonchev–Trinajstić information content (AvgIpc) is 1.78. The van der Waals surface area contributed by atoms with E-state index in [2.05, 4.69) is 39.1 Å². The smallest absolute Gasteiger partial charge is 0.00731 e. The van der Waals surface area contributed by atoms with Crippen LogP contribution in [0, 0.1) is 0 Å². The molecule has 0 aliphatic carbocycles. The van der Waals surface area contributed by atoms with Crippen LogP contribution < -0.4 is 0 Å². The van der Waals surface area contributed by atoms with Crippen molar-refractivity contribution in [2.24, 2.45) is 0 Å². The molecule has 0 fully saturated rings. The highest BCUT2D eigenvalue weighted by molar-refractivity contribution is 7.81. The Bertz CT molecular complexity index is 73.8.